The summed E-state index contributed by atoms with van der Waals surface area (Å²) in [6, 6.07) is 9.73. The van der Waals surface area contributed by atoms with E-state index < -0.39 is 0 Å². The molecule has 0 aromatic heterocycles. The molecule has 0 aliphatic heterocycles. The molecule has 2 heteroatoms. The second-order valence-electron chi connectivity index (χ2n) is 3.28. The Morgan fingerprint density at radius 2 is 2.07 bits per heavy atom. The summed E-state index contributed by atoms with van der Waals surface area (Å²) in [6.07, 6.45) is 6.96. The molecule has 0 aliphatic carbocycles. The Kier molecular flexibility index (Phi) is 5.86. The molecule has 0 saturated heterocycles. The van der Waals surface area contributed by atoms with Gasteiger partial charge in [0.1, 0.15) is 0 Å². The van der Waals surface area contributed by atoms with Gasteiger partial charge in [-0.2, -0.15) is 0 Å². The van der Waals surface area contributed by atoms with Gasteiger partial charge in [-0.05, 0) is 36.4 Å². The molecular formula is C13H16OS. The Morgan fingerprint density at radius 3 is 2.73 bits per heavy atom. The van der Waals surface area contributed by atoms with Gasteiger partial charge in [-0.25, -0.2) is 0 Å². The third-order valence-electron chi connectivity index (χ3n) is 1.94. The van der Waals surface area contributed by atoms with Crippen LogP contribution in [-0.2, 0) is 4.79 Å². The first-order valence-electron chi connectivity index (χ1n) is 5.26. The van der Waals surface area contributed by atoms with Crippen LogP contribution in [0.25, 0.3) is 0 Å². The molecule has 0 heterocycles. The number of thioether (sulfide) groups is 1. The second kappa shape index (κ2) is 7.30. The normalized spacial score (nSPS) is 10.7. The molecule has 15 heavy (non-hydrogen) atoms. The summed E-state index contributed by atoms with van der Waals surface area (Å²) in [5.74, 6) is 0. The van der Waals surface area contributed by atoms with Crippen molar-refractivity contribution in [3.05, 3.63) is 42.5 Å². The predicted molar refractivity (Wildman–Crippen MR) is 66.0 cm³/mol. The number of carbonyl (C=O) groups is 1. The van der Waals surface area contributed by atoms with E-state index in [2.05, 4.69) is 6.92 Å². The van der Waals surface area contributed by atoms with E-state index in [0.717, 1.165) is 17.7 Å². The average Bonchev–Trinajstić information content (AvgIpc) is 2.26. The summed E-state index contributed by atoms with van der Waals surface area (Å²) < 4.78 is 0. The van der Waals surface area contributed by atoms with Crippen LogP contribution in [0.15, 0.2) is 47.4 Å². The predicted octanol–water partition coefficient (Wildman–Crippen LogP) is 4.05. The molecule has 1 rings (SSSR count). The smallest absolute Gasteiger partial charge is 0.216 e. The molecule has 0 unspecified atom stereocenters. The van der Waals surface area contributed by atoms with E-state index >= 15 is 0 Å². The summed E-state index contributed by atoms with van der Waals surface area (Å²) in [5, 5.41) is 0.109. The number of rotatable bonds is 5. The molecule has 0 bridgehead atoms. The van der Waals surface area contributed by atoms with Crippen LogP contribution in [-0.4, -0.2) is 5.12 Å². The summed E-state index contributed by atoms with van der Waals surface area (Å²) in [5.41, 5.74) is 0. The van der Waals surface area contributed by atoms with Gasteiger partial charge in [0, 0.05) is 4.90 Å². The lowest BCUT2D eigenvalue weighted by Gasteiger charge is -1.95. The Labute approximate surface area is 95.6 Å². The first kappa shape index (κ1) is 12.1. The Morgan fingerprint density at radius 1 is 1.33 bits per heavy atom. The van der Waals surface area contributed by atoms with Crippen LogP contribution in [0.3, 0.4) is 0 Å². The van der Waals surface area contributed by atoms with Gasteiger partial charge in [0.05, 0.1) is 0 Å². The van der Waals surface area contributed by atoms with Crippen LogP contribution in [0.2, 0.25) is 0 Å². The van der Waals surface area contributed by atoms with Gasteiger partial charge in [-0.15, -0.1) is 0 Å². The van der Waals surface area contributed by atoms with Gasteiger partial charge in [-0.1, -0.05) is 44.0 Å². The van der Waals surface area contributed by atoms with Crippen molar-refractivity contribution in [2.45, 2.75) is 31.1 Å². The maximum absolute atomic E-state index is 11.5. The Balaban J connectivity index is 2.33. The van der Waals surface area contributed by atoms with Gasteiger partial charge in [-0.3, -0.25) is 4.79 Å². The third-order valence-corrected chi connectivity index (χ3v) is 2.79. The van der Waals surface area contributed by atoms with Crippen molar-refractivity contribution in [1.29, 1.82) is 0 Å². The molecule has 80 valence electrons. The summed E-state index contributed by atoms with van der Waals surface area (Å²) >= 11 is 1.28. The van der Waals surface area contributed by atoms with Crippen LogP contribution in [0.1, 0.15) is 26.2 Å². The first-order valence-corrected chi connectivity index (χ1v) is 6.08. The minimum atomic E-state index is 0.109. The monoisotopic (exact) mass is 220 g/mol. The molecule has 0 amide bonds. The molecule has 0 atom stereocenters. The highest BCUT2D eigenvalue weighted by atomic mass is 32.2. The zero-order chi connectivity index (χ0) is 10.9. The maximum atomic E-state index is 11.5. The lowest BCUT2D eigenvalue weighted by Crippen LogP contribution is -1.84. The molecule has 1 aromatic carbocycles. The Bertz CT molecular complexity index is 317. The quantitative estimate of drug-likeness (QED) is 0.423. The molecule has 0 saturated carbocycles. The number of hydrogen-bond donors (Lipinski definition) is 0. The van der Waals surface area contributed by atoms with Crippen LogP contribution >= 0.6 is 11.8 Å². The van der Waals surface area contributed by atoms with Crippen LogP contribution < -0.4 is 0 Å². The standard InChI is InChI=1S/C13H16OS/c1-2-3-4-8-11-13(14)15-12-9-6-5-7-10-12/h5-11H,2-4H2,1H3/b11-8+. The zero-order valence-corrected chi connectivity index (χ0v) is 9.80. The van der Waals surface area contributed by atoms with Gasteiger partial charge in [0.25, 0.3) is 0 Å². The summed E-state index contributed by atoms with van der Waals surface area (Å²) in [6.45, 7) is 2.15. The highest BCUT2D eigenvalue weighted by molar-refractivity contribution is 8.14. The van der Waals surface area contributed by atoms with Crippen LogP contribution in [0.5, 0.6) is 0 Å². The van der Waals surface area contributed by atoms with Gasteiger partial charge >= 0.3 is 0 Å². The van der Waals surface area contributed by atoms with E-state index in [1.807, 2.05) is 36.4 Å². The molecule has 0 fully saturated rings. The SMILES string of the molecule is CCCC/C=C/C(=O)Sc1ccccc1. The minimum Gasteiger partial charge on any atom is -0.282 e. The van der Waals surface area contributed by atoms with E-state index in [4.69, 9.17) is 0 Å². The van der Waals surface area contributed by atoms with Crippen LogP contribution in [0, 0.1) is 0 Å². The van der Waals surface area contributed by atoms with E-state index in [9.17, 15) is 4.79 Å². The second-order valence-corrected chi connectivity index (χ2v) is 4.36. The highest BCUT2D eigenvalue weighted by Crippen LogP contribution is 2.18. The molecular weight excluding hydrogens is 204 g/mol. The van der Waals surface area contributed by atoms with Crippen molar-refractivity contribution in [2.24, 2.45) is 0 Å². The van der Waals surface area contributed by atoms with Crippen molar-refractivity contribution >= 4 is 16.9 Å². The van der Waals surface area contributed by atoms with E-state index in [1.165, 1.54) is 18.2 Å². The number of hydrogen-bond acceptors (Lipinski definition) is 2. The van der Waals surface area contributed by atoms with Crippen molar-refractivity contribution in [2.75, 3.05) is 0 Å². The van der Waals surface area contributed by atoms with Gasteiger partial charge in [0.15, 0.2) is 0 Å². The largest absolute Gasteiger partial charge is 0.282 e. The number of carbonyl (C=O) groups excluding carboxylic acids is 1. The maximum Gasteiger partial charge on any atom is 0.216 e. The van der Waals surface area contributed by atoms with Crippen molar-refractivity contribution in [3.8, 4) is 0 Å². The van der Waals surface area contributed by atoms with E-state index in [-0.39, 0.29) is 5.12 Å². The fraction of sp³-hybridized carbons (Fsp3) is 0.308. The fourth-order valence-electron chi connectivity index (χ4n) is 1.14. The fourth-order valence-corrected chi connectivity index (χ4v) is 1.83. The first-order chi connectivity index (χ1) is 7.33. The zero-order valence-electron chi connectivity index (χ0n) is 8.98. The highest BCUT2D eigenvalue weighted by Gasteiger charge is 1.98. The van der Waals surface area contributed by atoms with Crippen molar-refractivity contribution in [1.82, 2.24) is 0 Å². The minimum absolute atomic E-state index is 0.109. The number of unbranched alkanes of at least 4 members (excludes halogenated alkanes) is 2. The molecule has 1 aromatic rings. The van der Waals surface area contributed by atoms with Crippen molar-refractivity contribution < 1.29 is 4.79 Å². The molecule has 0 spiro atoms. The summed E-state index contributed by atoms with van der Waals surface area (Å²) in [7, 11) is 0. The van der Waals surface area contributed by atoms with Crippen molar-refractivity contribution in [3.63, 3.8) is 0 Å². The number of benzene rings is 1. The molecule has 1 nitrogen and oxygen atoms in total. The molecule has 0 N–H and O–H groups in total. The number of allylic oxidation sites excluding steroid dienone is 1. The van der Waals surface area contributed by atoms with Gasteiger partial charge < -0.3 is 0 Å². The van der Waals surface area contributed by atoms with E-state index in [0.29, 0.717) is 0 Å². The third kappa shape index (κ3) is 5.43. The van der Waals surface area contributed by atoms with Crippen LogP contribution in [0.4, 0.5) is 0 Å². The summed E-state index contributed by atoms with van der Waals surface area (Å²) in [4.78, 5) is 12.5. The lowest BCUT2D eigenvalue weighted by atomic mass is 10.2. The lowest BCUT2D eigenvalue weighted by molar-refractivity contribution is -0.107. The van der Waals surface area contributed by atoms with Gasteiger partial charge in [0.2, 0.25) is 5.12 Å². The molecule has 0 aliphatic rings. The Hall–Kier alpha value is -1.02. The molecule has 0 radical (unpaired) electrons. The average molecular weight is 220 g/mol. The topological polar surface area (TPSA) is 17.1 Å². The van der Waals surface area contributed by atoms with E-state index in [1.54, 1.807) is 6.08 Å².